The van der Waals surface area contributed by atoms with Crippen LogP contribution >= 0.6 is 0 Å². The third kappa shape index (κ3) is 2.80. The van der Waals surface area contributed by atoms with Crippen molar-refractivity contribution in [1.82, 2.24) is 25.5 Å². The van der Waals surface area contributed by atoms with Gasteiger partial charge < -0.3 is 10.1 Å². The van der Waals surface area contributed by atoms with E-state index in [1.807, 2.05) is 18.2 Å². The number of carbonyl (C=O) groups excluding carboxylic acids is 1. The molecule has 4 rings (SSSR count). The van der Waals surface area contributed by atoms with Gasteiger partial charge in [0.05, 0.1) is 12.6 Å². The van der Waals surface area contributed by atoms with Gasteiger partial charge in [0.15, 0.2) is 0 Å². The minimum atomic E-state index is -0.117. The molecule has 7 nitrogen and oxygen atoms in total. The molecule has 1 amide bonds. The zero-order valence-electron chi connectivity index (χ0n) is 13.1. The number of nitrogens with one attached hydrogen (secondary N) is 1. The summed E-state index contributed by atoms with van der Waals surface area (Å²) in [5, 5.41) is 16.1. The molecule has 7 heteroatoms. The Morgan fingerprint density at radius 2 is 2.21 bits per heavy atom. The Hall–Kier alpha value is -2.96. The van der Waals surface area contributed by atoms with E-state index in [1.165, 1.54) is 11.0 Å². The van der Waals surface area contributed by atoms with Crippen molar-refractivity contribution in [1.29, 1.82) is 0 Å². The van der Waals surface area contributed by atoms with Crippen LogP contribution in [0.2, 0.25) is 0 Å². The second kappa shape index (κ2) is 6.27. The van der Waals surface area contributed by atoms with Crippen LogP contribution in [0.15, 0.2) is 42.7 Å². The van der Waals surface area contributed by atoms with E-state index < -0.39 is 0 Å². The number of ether oxygens (including phenoxy) is 1. The molecule has 0 aliphatic carbocycles. The summed E-state index contributed by atoms with van der Waals surface area (Å²) in [6.45, 7) is 0.758. The highest BCUT2D eigenvalue weighted by Gasteiger charge is 2.23. The Kier molecular flexibility index (Phi) is 3.82. The second-order valence-corrected chi connectivity index (χ2v) is 5.82. The zero-order chi connectivity index (χ0) is 16.4. The summed E-state index contributed by atoms with van der Waals surface area (Å²) in [5.41, 5.74) is 1.02. The van der Waals surface area contributed by atoms with Gasteiger partial charge in [-0.25, -0.2) is 4.68 Å². The number of hydrogen-bond donors (Lipinski definition) is 1. The average Bonchev–Trinajstić information content (AvgIpc) is 3.01. The van der Waals surface area contributed by atoms with Crippen LogP contribution in [-0.2, 0) is 11.3 Å². The minimum absolute atomic E-state index is 0.0731. The third-order valence-corrected chi connectivity index (χ3v) is 4.20. The predicted octanol–water partition coefficient (Wildman–Crippen LogP) is 1.86. The largest absolute Gasteiger partial charge is 0.493 e. The molecule has 0 fully saturated rings. The van der Waals surface area contributed by atoms with Crippen LogP contribution in [-0.4, -0.2) is 32.7 Å². The fourth-order valence-corrected chi connectivity index (χ4v) is 3.10. The fraction of sp³-hybridized carbons (Fsp3) is 0.294. The second-order valence-electron chi connectivity index (χ2n) is 5.82. The molecular formula is C17H17N5O2. The van der Waals surface area contributed by atoms with Gasteiger partial charge >= 0.3 is 0 Å². The molecule has 0 bridgehead atoms. The first-order valence-corrected chi connectivity index (χ1v) is 7.96. The van der Waals surface area contributed by atoms with Crippen LogP contribution in [0.1, 0.15) is 24.4 Å². The van der Waals surface area contributed by atoms with Crippen molar-refractivity contribution >= 4 is 16.7 Å². The Morgan fingerprint density at radius 1 is 1.29 bits per heavy atom. The van der Waals surface area contributed by atoms with Crippen molar-refractivity contribution in [3.8, 4) is 5.75 Å². The lowest BCUT2D eigenvalue weighted by atomic mass is 9.98. The molecule has 1 aliphatic rings. The van der Waals surface area contributed by atoms with E-state index in [0.717, 1.165) is 34.9 Å². The lowest BCUT2D eigenvalue weighted by Crippen LogP contribution is -2.31. The van der Waals surface area contributed by atoms with Crippen molar-refractivity contribution in [3.05, 3.63) is 48.3 Å². The molecule has 1 aliphatic heterocycles. The number of fused-ring (bicyclic) bond motifs is 3. The molecule has 1 atom stereocenters. The summed E-state index contributed by atoms with van der Waals surface area (Å²) in [6.07, 6.45) is 3.16. The number of benzene rings is 2. The molecule has 0 saturated heterocycles. The highest BCUT2D eigenvalue weighted by atomic mass is 16.5. The van der Waals surface area contributed by atoms with E-state index in [4.69, 9.17) is 4.74 Å². The maximum absolute atomic E-state index is 12.3. The molecule has 24 heavy (non-hydrogen) atoms. The van der Waals surface area contributed by atoms with Gasteiger partial charge in [-0.15, -0.1) is 5.10 Å². The van der Waals surface area contributed by atoms with E-state index in [1.54, 1.807) is 0 Å². The van der Waals surface area contributed by atoms with Crippen molar-refractivity contribution in [2.75, 3.05) is 6.61 Å². The number of amides is 1. The van der Waals surface area contributed by atoms with Gasteiger partial charge in [0.2, 0.25) is 5.91 Å². The van der Waals surface area contributed by atoms with Crippen molar-refractivity contribution in [2.45, 2.75) is 25.4 Å². The van der Waals surface area contributed by atoms with Crippen LogP contribution in [0.5, 0.6) is 5.75 Å². The van der Waals surface area contributed by atoms with E-state index in [-0.39, 0.29) is 18.5 Å². The molecule has 0 saturated carbocycles. The molecule has 0 unspecified atom stereocenters. The van der Waals surface area contributed by atoms with Gasteiger partial charge in [-0.1, -0.05) is 36.4 Å². The molecule has 122 valence electrons. The predicted molar refractivity (Wildman–Crippen MR) is 87.4 cm³/mol. The maximum Gasteiger partial charge on any atom is 0.242 e. The molecule has 2 heterocycles. The van der Waals surface area contributed by atoms with Gasteiger partial charge in [-0.05, 0) is 28.7 Å². The lowest BCUT2D eigenvalue weighted by molar-refractivity contribution is -0.122. The first-order chi connectivity index (χ1) is 11.8. The number of carbonyl (C=O) groups is 1. The highest BCUT2D eigenvalue weighted by molar-refractivity contribution is 5.90. The van der Waals surface area contributed by atoms with Crippen LogP contribution < -0.4 is 10.1 Å². The number of rotatable bonds is 3. The van der Waals surface area contributed by atoms with E-state index >= 15 is 0 Å². The molecular weight excluding hydrogens is 306 g/mol. The van der Waals surface area contributed by atoms with Gasteiger partial charge in [0.1, 0.15) is 18.6 Å². The zero-order valence-corrected chi connectivity index (χ0v) is 13.1. The van der Waals surface area contributed by atoms with Crippen molar-refractivity contribution < 1.29 is 9.53 Å². The highest BCUT2D eigenvalue weighted by Crippen LogP contribution is 2.37. The minimum Gasteiger partial charge on any atom is -0.493 e. The van der Waals surface area contributed by atoms with Crippen LogP contribution in [0, 0.1) is 0 Å². The van der Waals surface area contributed by atoms with Crippen molar-refractivity contribution in [3.63, 3.8) is 0 Å². The quantitative estimate of drug-likeness (QED) is 0.795. The summed E-state index contributed by atoms with van der Waals surface area (Å²) >= 11 is 0. The van der Waals surface area contributed by atoms with Gasteiger partial charge in [-0.2, -0.15) is 0 Å². The average molecular weight is 323 g/mol. The first kappa shape index (κ1) is 14.6. The Bertz CT molecular complexity index is 863. The van der Waals surface area contributed by atoms with Crippen LogP contribution in [0.4, 0.5) is 0 Å². The van der Waals surface area contributed by atoms with Crippen LogP contribution in [0.25, 0.3) is 10.8 Å². The Morgan fingerprint density at radius 3 is 3.08 bits per heavy atom. The number of aromatic nitrogens is 4. The fourth-order valence-electron chi connectivity index (χ4n) is 3.10. The summed E-state index contributed by atoms with van der Waals surface area (Å²) in [6, 6.07) is 12.2. The lowest BCUT2D eigenvalue weighted by Gasteiger charge is -2.19. The maximum atomic E-state index is 12.3. The standard InChI is InChI=1S/C17H17N5O2/c23-16(10-22-11-18-20-21-22)19-15-6-3-9-24-17-13-5-2-1-4-12(13)7-8-14(15)17/h1-2,4-5,7-8,11,15H,3,6,9-10H2,(H,19,23)/t15-/m1/s1. The van der Waals surface area contributed by atoms with Gasteiger partial charge in [0.25, 0.3) is 0 Å². The van der Waals surface area contributed by atoms with E-state index in [2.05, 4.69) is 39.0 Å². The normalized spacial score (nSPS) is 16.9. The summed E-state index contributed by atoms with van der Waals surface area (Å²) in [4.78, 5) is 12.3. The van der Waals surface area contributed by atoms with Crippen molar-refractivity contribution in [2.24, 2.45) is 0 Å². The number of tetrazole rings is 1. The van der Waals surface area contributed by atoms with Crippen LogP contribution in [0.3, 0.4) is 0 Å². The Balaban J connectivity index is 1.63. The molecule has 3 aromatic rings. The summed E-state index contributed by atoms with van der Waals surface area (Å²) in [5.74, 6) is 0.756. The SMILES string of the molecule is O=C(Cn1cnnn1)N[C@@H]1CCCOc2c1ccc1ccccc21. The molecule has 1 aromatic heterocycles. The third-order valence-electron chi connectivity index (χ3n) is 4.20. The molecule has 0 radical (unpaired) electrons. The summed E-state index contributed by atoms with van der Waals surface area (Å²) in [7, 11) is 0. The smallest absolute Gasteiger partial charge is 0.242 e. The van der Waals surface area contributed by atoms with Gasteiger partial charge in [0, 0.05) is 10.9 Å². The molecule has 0 spiro atoms. The number of hydrogen-bond acceptors (Lipinski definition) is 5. The first-order valence-electron chi connectivity index (χ1n) is 7.96. The van der Waals surface area contributed by atoms with Gasteiger partial charge in [-0.3, -0.25) is 4.79 Å². The summed E-state index contributed by atoms with van der Waals surface area (Å²) < 4.78 is 7.40. The Labute approximate surface area is 138 Å². The molecule has 2 aromatic carbocycles. The topological polar surface area (TPSA) is 81.9 Å². The number of nitrogens with zero attached hydrogens (tertiary/aromatic N) is 4. The molecule has 1 N–H and O–H groups in total. The monoisotopic (exact) mass is 323 g/mol. The van der Waals surface area contributed by atoms with E-state index in [9.17, 15) is 4.79 Å². The van der Waals surface area contributed by atoms with E-state index in [0.29, 0.717) is 6.61 Å².